The molecule has 0 unspecified atom stereocenters. The van der Waals surface area contributed by atoms with Crippen LogP contribution in [0.5, 0.6) is 0 Å². The molecule has 0 bridgehead atoms. The molecule has 0 amide bonds. The van der Waals surface area contributed by atoms with E-state index in [1.807, 2.05) is 44.2 Å². The number of benzene rings is 1. The Morgan fingerprint density at radius 3 is 2.58 bits per heavy atom. The Labute approximate surface area is 148 Å². The summed E-state index contributed by atoms with van der Waals surface area (Å²) in [5.74, 6) is 0.0543. The van der Waals surface area contributed by atoms with Gasteiger partial charge >= 0.3 is 0 Å². The van der Waals surface area contributed by atoms with Crippen molar-refractivity contribution in [3.8, 4) is 6.07 Å². The number of carbonyl (C=O) groups excluding carboxylic acids is 1. The van der Waals surface area contributed by atoms with Gasteiger partial charge in [0.05, 0.1) is 19.2 Å². The maximum absolute atomic E-state index is 12.4. The second kappa shape index (κ2) is 8.14. The van der Waals surface area contributed by atoms with Crippen molar-refractivity contribution in [3.63, 3.8) is 0 Å². The molecule has 2 rings (SSSR count). The zero-order chi connectivity index (χ0) is 17.7. The zero-order valence-electron chi connectivity index (χ0n) is 14.3. The highest BCUT2D eigenvalue weighted by atomic mass is 35.5. The lowest BCUT2D eigenvalue weighted by Gasteiger charge is -2.12. The topological polar surface area (TPSA) is 49.0 Å². The Bertz CT molecular complexity index is 756. The van der Waals surface area contributed by atoms with Crippen LogP contribution in [0.3, 0.4) is 0 Å². The molecular weight excluding hydrogens is 322 g/mol. The number of nitriles is 1. The van der Waals surface area contributed by atoms with Gasteiger partial charge in [-0.25, -0.2) is 0 Å². The summed E-state index contributed by atoms with van der Waals surface area (Å²) < 4.78 is 2.17. The van der Waals surface area contributed by atoms with Gasteiger partial charge in [0.2, 0.25) is 0 Å². The van der Waals surface area contributed by atoms with Crippen LogP contribution in [-0.4, -0.2) is 35.4 Å². The Balaban J connectivity index is 2.09. The third kappa shape index (κ3) is 4.47. The highest BCUT2D eigenvalue weighted by Crippen LogP contribution is 2.18. The second-order valence-electron chi connectivity index (χ2n) is 6.07. The summed E-state index contributed by atoms with van der Waals surface area (Å²) in [5.41, 5.74) is 4.02. The highest BCUT2D eigenvalue weighted by molar-refractivity contribution is 6.30. The Kier molecular flexibility index (Phi) is 6.19. The molecule has 0 saturated heterocycles. The Morgan fingerprint density at radius 1 is 1.29 bits per heavy atom. The smallest absolute Gasteiger partial charge is 0.178 e. The molecule has 24 heavy (non-hydrogen) atoms. The summed E-state index contributed by atoms with van der Waals surface area (Å²) in [6.07, 6.45) is 0.884. The van der Waals surface area contributed by atoms with Crippen LogP contribution in [0, 0.1) is 25.2 Å². The Morgan fingerprint density at radius 2 is 1.96 bits per heavy atom. The number of aryl methyl sites for hydroxylation is 2. The van der Waals surface area contributed by atoms with E-state index in [1.165, 1.54) is 5.56 Å². The van der Waals surface area contributed by atoms with Crippen molar-refractivity contribution in [2.45, 2.75) is 26.8 Å². The van der Waals surface area contributed by atoms with E-state index in [-0.39, 0.29) is 18.9 Å². The molecule has 1 aromatic carbocycles. The standard InChI is InChI=1S/C19H22ClN3O/c1-14-12-18(19(24)13-22(3)11-9-21)15(2)23(14)10-8-16-4-6-17(20)7-5-16/h4-7,12H,8,10-11,13H2,1-3H3. The van der Waals surface area contributed by atoms with Crippen LogP contribution < -0.4 is 0 Å². The van der Waals surface area contributed by atoms with Gasteiger partial charge in [0.25, 0.3) is 0 Å². The number of Topliss-reactive ketones (excluding diaryl/α,β-unsaturated/α-hetero) is 1. The minimum atomic E-state index is 0.0543. The number of likely N-dealkylation sites (N-methyl/N-ethyl adjacent to an activating group) is 1. The fraction of sp³-hybridized carbons (Fsp3) is 0.368. The fourth-order valence-corrected chi connectivity index (χ4v) is 2.95. The van der Waals surface area contributed by atoms with Gasteiger partial charge in [-0.1, -0.05) is 23.7 Å². The molecule has 0 radical (unpaired) electrons. The molecular formula is C19H22ClN3O. The number of carbonyl (C=O) groups is 1. The molecule has 5 heteroatoms. The van der Waals surface area contributed by atoms with Crippen LogP contribution in [-0.2, 0) is 13.0 Å². The predicted molar refractivity (Wildman–Crippen MR) is 96.5 cm³/mol. The quantitative estimate of drug-likeness (QED) is 0.569. The number of rotatable bonds is 7. The minimum absolute atomic E-state index is 0.0543. The summed E-state index contributed by atoms with van der Waals surface area (Å²) in [7, 11) is 1.78. The fourth-order valence-electron chi connectivity index (χ4n) is 2.83. The van der Waals surface area contributed by atoms with Gasteiger partial charge in [0.1, 0.15) is 0 Å². The van der Waals surface area contributed by atoms with Gasteiger partial charge in [-0.2, -0.15) is 5.26 Å². The molecule has 0 aliphatic rings. The van der Waals surface area contributed by atoms with Crippen molar-refractivity contribution in [2.75, 3.05) is 20.1 Å². The van der Waals surface area contributed by atoms with Crippen molar-refractivity contribution < 1.29 is 4.79 Å². The molecule has 0 atom stereocenters. The highest BCUT2D eigenvalue weighted by Gasteiger charge is 2.17. The van der Waals surface area contributed by atoms with E-state index in [4.69, 9.17) is 16.9 Å². The summed E-state index contributed by atoms with van der Waals surface area (Å²) in [4.78, 5) is 14.2. The second-order valence-corrected chi connectivity index (χ2v) is 6.50. The molecule has 0 N–H and O–H groups in total. The Hall–Kier alpha value is -2.09. The van der Waals surface area contributed by atoms with Crippen LogP contribution in [0.25, 0.3) is 0 Å². The average molecular weight is 344 g/mol. The molecule has 1 aromatic heterocycles. The largest absolute Gasteiger partial charge is 0.348 e. The monoisotopic (exact) mass is 343 g/mol. The number of aromatic nitrogens is 1. The third-order valence-electron chi connectivity index (χ3n) is 4.17. The lowest BCUT2D eigenvalue weighted by atomic mass is 10.1. The lowest BCUT2D eigenvalue weighted by Crippen LogP contribution is -2.26. The van der Waals surface area contributed by atoms with Crippen molar-refractivity contribution in [2.24, 2.45) is 0 Å². The number of hydrogen-bond donors (Lipinski definition) is 0. The van der Waals surface area contributed by atoms with E-state index < -0.39 is 0 Å². The summed E-state index contributed by atoms with van der Waals surface area (Å²) in [6, 6.07) is 11.8. The van der Waals surface area contributed by atoms with Gasteiger partial charge in [-0.3, -0.25) is 9.69 Å². The van der Waals surface area contributed by atoms with E-state index in [9.17, 15) is 4.79 Å². The van der Waals surface area contributed by atoms with Crippen molar-refractivity contribution in [1.82, 2.24) is 9.47 Å². The lowest BCUT2D eigenvalue weighted by molar-refractivity contribution is 0.0952. The first kappa shape index (κ1) is 18.3. The molecule has 126 valence electrons. The number of halogens is 1. The predicted octanol–water partition coefficient (Wildman–Crippen LogP) is 3.64. The first-order valence-electron chi connectivity index (χ1n) is 7.92. The first-order chi connectivity index (χ1) is 11.4. The van der Waals surface area contributed by atoms with Gasteiger partial charge in [-0.15, -0.1) is 0 Å². The number of nitrogens with zero attached hydrogens (tertiary/aromatic N) is 3. The number of hydrogen-bond acceptors (Lipinski definition) is 3. The van der Waals surface area contributed by atoms with Crippen LogP contribution in [0.2, 0.25) is 5.02 Å². The molecule has 0 aliphatic carbocycles. The van der Waals surface area contributed by atoms with E-state index >= 15 is 0 Å². The summed E-state index contributed by atoms with van der Waals surface area (Å²) in [6.45, 7) is 5.33. The van der Waals surface area contributed by atoms with Crippen LogP contribution in [0.1, 0.15) is 27.3 Å². The number of ketones is 1. The summed E-state index contributed by atoms with van der Waals surface area (Å²) in [5, 5.41) is 9.44. The molecule has 1 heterocycles. The maximum atomic E-state index is 12.4. The molecule has 4 nitrogen and oxygen atoms in total. The van der Waals surface area contributed by atoms with E-state index in [2.05, 4.69) is 10.6 Å². The van der Waals surface area contributed by atoms with Gasteiger partial charge in [-0.05, 0) is 51.1 Å². The maximum Gasteiger partial charge on any atom is 0.178 e. The molecule has 0 spiro atoms. The van der Waals surface area contributed by atoms with E-state index in [0.717, 1.165) is 34.9 Å². The molecule has 2 aromatic rings. The van der Waals surface area contributed by atoms with Crippen molar-refractivity contribution >= 4 is 17.4 Å². The van der Waals surface area contributed by atoms with Crippen LogP contribution in [0.4, 0.5) is 0 Å². The van der Waals surface area contributed by atoms with Crippen LogP contribution in [0.15, 0.2) is 30.3 Å². The summed E-state index contributed by atoms with van der Waals surface area (Å²) >= 11 is 5.91. The molecule has 0 aliphatic heterocycles. The van der Waals surface area contributed by atoms with Crippen molar-refractivity contribution in [1.29, 1.82) is 5.26 Å². The van der Waals surface area contributed by atoms with Gasteiger partial charge in [0.15, 0.2) is 5.78 Å². The van der Waals surface area contributed by atoms with E-state index in [0.29, 0.717) is 0 Å². The van der Waals surface area contributed by atoms with E-state index in [1.54, 1.807) is 11.9 Å². The molecule has 0 fully saturated rings. The zero-order valence-corrected chi connectivity index (χ0v) is 15.1. The van der Waals surface area contributed by atoms with Gasteiger partial charge in [0, 0.05) is 28.5 Å². The first-order valence-corrected chi connectivity index (χ1v) is 8.30. The SMILES string of the molecule is Cc1cc(C(=O)CN(C)CC#N)c(C)n1CCc1ccc(Cl)cc1. The minimum Gasteiger partial charge on any atom is -0.348 e. The molecule has 0 saturated carbocycles. The average Bonchev–Trinajstić information content (AvgIpc) is 2.82. The van der Waals surface area contributed by atoms with Crippen LogP contribution >= 0.6 is 11.6 Å². The van der Waals surface area contributed by atoms with Crippen molar-refractivity contribution in [3.05, 3.63) is 57.9 Å². The normalized spacial score (nSPS) is 10.8. The third-order valence-corrected chi connectivity index (χ3v) is 4.42. The van der Waals surface area contributed by atoms with Gasteiger partial charge < -0.3 is 4.57 Å².